The topological polar surface area (TPSA) is 57.2 Å². The second-order valence-electron chi connectivity index (χ2n) is 5.86. The Labute approximate surface area is 121 Å². The van der Waals surface area contributed by atoms with E-state index in [1.54, 1.807) is 12.0 Å². The molecule has 0 aromatic rings. The Morgan fingerprint density at radius 2 is 2.00 bits per heavy atom. The normalized spacial score (nSPS) is 23.1. The number of hydrogen-bond donors (Lipinski definition) is 0. The molecule has 1 saturated heterocycles. The minimum atomic E-state index is -0.501. The zero-order valence-electron chi connectivity index (χ0n) is 13.2. The van der Waals surface area contributed by atoms with Gasteiger partial charge in [0.05, 0.1) is 25.3 Å². The van der Waals surface area contributed by atoms with Crippen molar-refractivity contribution in [2.24, 2.45) is 0 Å². The van der Waals surface area contributed by atoms with Crippen molar-refractivity contribution in [3.8, 4) is 0 Å². The molecule has 0 N–H and O–H groups in total. The molecule has 0 saturated carbocycles. The van der Waals surface area contributed by atoms with Gasteiger partial charge in [-0.05, 0) is 34.1 Å². The number of methoxy groups -OCH3 is 1. The van der Waals surface area contributed by atoms with Crippen LogP contribution >= 0.6 is 0 Å². The number of likely N-dealkylation sites (tertiary alicyclic amines) is 1. The lowest BCUT2D eigenvalue weighted by Crippen LogP contribution is -2.42. The highest BCUT2D eigenvalue weighted by Gasteiger charge is 2.37. The van der Waals surface area contributed by atoms with Crippen molar-refractivity contribution in [2.45, 2.75) is 51.9 Å². The number of nitrogens with zero attached hydrogens (tertiary/aromatic N) is 1. The van der Waals surface area contributed by atoms with Crippen LogP contribution in [0.15, 0.2) is 0 Å². The summed E-state index contributed by atoms with van der Waals surface area (Å²) < 4.78 is 21.3. The summed E-state index contributed by atoms with van der Waals surface area (Å²) in [4.78, 5) is 13.9. The second kappa shape index (κ2) is 7.81. The van der Waals surface area contributed by atoms with E-state index in [1.165, 1.54) is 0 Å². The molecule has 1 aliphatic heterocycles. The third-order valence-corrected chi connectivity index (χ3v) is 3.02. The highest BCUT2D eigenvalue weighted by atomic mass is 16.7. The maximum absolute atomic E-state index is 12.2. The smallest absolute Gasteiger partial charge is 0.410 e. The number of ether oxygens (including phenoxy) is 4. The van der Waals surface area contributed by atoms with Crippen molar-refractivity contribution in [3.63, 3.8) is 0 Å². The molecule has 0 bridgehead atoms. The van der Waals surface area contributed by atoms with Gasteiger partial charge in [-0.1, -0.05) is 0 Å². The molecule has 0 aromatic heterocycles. The van der Waals surface area contributed by atoms with Crippen LogP contribution in [0.1, 0.15) is 34.1 Å². The number of carbonyl (C=O) groups is 1. The number of amides is 1. The SMILES string of the molecule is CCOCOC[C@@H]1C[C@@H](OC)CN1C(=O)OC(C)(C)C. The van der Waals surface area contributed by atoms with Gasteiger partial charge >= 0.3 is 6.09 Å². The van der Waals surface area contributed by atoms with Crippen LogP contribution in [0.3, 0.4) is 0 Å². The Bertz CT molecular complexity index is 302. The van der Waals surface area contributed by atoms with E-state index < -0.39 is 5.60 Å². The van der Waals surface area contributed by atoms with Crippen molar-refractivity contribution in [3.05, 3.63) is 0 Å². The van der Waals surface area contributed by atoms with Crippen LogP contribution in [0.2, 0.25) is 0 Å². The fraction of sp³-hybridized carbons (Fsp3) is 0.929. The van der Waals surface area contributed by atoms with Crippen LogP contribution in [-0.4, -0.2) is 62.4 Å². The summed E-state index contributed by atoms with van der Waals surface area (Å²) in [5.74, 6) is 0. The molecule has 1 heterocycles. The molecule has 20 heavy (non-hydrogen) atoms. The molecule has 118 valence electrons. The minimum Gasteiger partial charge on any atom is -0.444 e. The van der Waals surface area contributed by atoms with Crippen LogP contribution in [-0.2, 0) is 18.9 Å². The van der Waals surface area contributed by atoms with Gasteiger partial charge in [-0.3, -0.25) is 0 Å². The summed E-state index contributed by atoms with van der Waals surface area (Å²) in [5.41, 5.74) is -0.501. The predicted molar refractivity (Wildman–Crippen MR) is 74.6 cm³/mol. The fourth-order valence-electron chi connectivity index (χ4n) is 2.07. The van der Waals surface area contributed by atoms with Crippen LogP contribution < -0.4 is 0 Å². The summed E-state index contributed by atoms with van der Waals surface area (Å²) in [7, 11) is 1.65. The molecule has 1 amide bonds. The number of carbonyl (C=O) groups excluding carboxylic acids is 1. The van der Waals surface area contributed by atoms with Crippen LogP contribution in [0.4, 0.5) is 4.79 Å². The Morgan fingerprint density at radius 1 is 1.30 bits per heavy atom. The Morgan fingerprint density at radius 3 is 2.55 bits per heavy atom. The van der Waals surface area contributed by atoms with Crippen LogP contribution in [0, 0.1) is 0 Å². The lowest BCUT2D eigenvalue weighted by molar-refractivity contribution is -0.0646. The molecule has 0 aromatic carbocycles. The molecule has 6 nitrogen and oxygen atoms in total. The van der Waals surface area contributed by atoms with E-state index in [0.29, 0.717) is 19.8 Å². The van der Waals surface area contributed by atoms with Crippen molar-refractivity contribution < 1.29 is 23.7 Å². The molecular formula is C14H27NO5. The van der Waals surface area contributed by atoms with E-state index in [-0.39, 0.29) is 25.0 Å². The molecule has 1 rings (SSSR count). The van der Waals surface area contributed by atoms with E-state index in [4.69, 9.17) is 18.9 Å². The first-order valence-corrected chi connectivity index (χ1v) is 7.05. The van der Waals surface area contributed by atoms with Gasteiger partial charge in [-0.2, -0.15) is 0 Å². The van der Waals surface area contributed by atoms with Crippen molar-refractivity contribution in [1.82, 2.24) is 4.90 Å². The van der Waals surface area contributed by atoms with E-state index in [0.717, 1.165) is 6.42 Å². The van der Waals surface area contributed by atoms with Gasteiger partial charge in [0, 0.05) is 13.7 Å². The van der Waals surface area contributed by atoms with E-state index in [2.05, 4.69) is 0 Å². The summed E-state index contributed by atoms with van der Waals surface area (Å²) in [5, 5.41) is 0. The molecule has 2 atom stereocenters. The monoisotopic (exact) mass is 289 g/mol. The van der Waals surface area contributed by atoms with Gasteiger partial charge in [-0.25, -0.2) is 4.79 Å². The molecule has 0 unspecified atom stereocenters. The minimum absolute atomic E-state index is 0.0308. The summed E-state index contributed by atoms with van der Waals surface area (Å²) in [6, 6.07) is -0.0322. The third-order valence-electron chi connectivity index (χ3n) is 3.02. The predicted octanol–water partition coefficient (Wildman–Crippen LogP) is 2.02. The van der Waals surface area contributed by atoms with E-state index in [1.807, 2.05) is 27.7 Å². The second-order valence-corrected chi connectivity index (χ2v) is 5.86. The lowest BCUT2D eigenvalue weighted by Gasteiger charge is -2.28. The van der Waals surface area contributed by atoms with Gasteiger partial charge in [-0.15, -0.1) is 0 Å². The molecular weight excluding hydrogens is 262 g/mol. The van der Waals surface area contributed by atoms with Crippen molar-refractivity contribution >= 4 is 6.09 Å². The molecule has 0 spiro atoms. The van der Waals surface area contributed by atoms with Crippen molar-refractivity contribution in [1.29, 1.82) is 0 Å². The zero-order chi connectivity index (χ0) is 15.2. The highest BCUT2D eigenvalue weighted by molar-refractivity contribution is 5.69. The Hall–Kier alpha value is -0.850. The maximum atomic E-state index is 12.2. The number of rotatable bonds is 6. The average molecular weight is 289 g/mol. The summed E-state index contributed by atoms with van der Waals surface area (Å²) in [6.45, 7) is 9.30. The summed E-state index contributed by atoms with van der Waals surface area (Å²) >= 11 is 0. The first-order chi connectivity index (χ1) is 9.37. The first-order valence-electron chi connectivity index (χ1n) is 7.05. The van der Waals surface area contributed by atoms with Crippen molar-refractivity contribution in [2.75, 3.05) is 33.7 Å². The van der Waals surface area contributed by atoms with Gasteiger partial charge < -0.3 is 23.8 Å². The van der Waals surface area contributed by atoms with Crippen LogP contribution in [0.5, 0.6) is 0 Å². The first kappa shape index (κ1) is 17.2. The zero-order valence-corrected chi connectivity index (χ0v) is 13.2. The molecule has 0 aliphatic carbocycles. The molecule has 1 fully saturated rings. The fourth-order valence-corrected chi connectivity index (χ4v) is 2.07. The van der Waals surface area contributed by atoms with E-state index >= 15 is 0 Å². The standard InChI is InChI=1S/C14H27NO5/c1-6-18-10-19-9-11-7-12(17-5)8-15(11)13(16)20-14(2,3)4/h11-12H,6-10H2,1-5H3/t11-,12+/m0/s1. The summed E-state index contributed by atoms with van der Waals surface area (Å²) in [6.07, 6.45) is 0.465. The lowest BCUT2D eigenvalue weighted by atomic mass is 10.2. The molecule has 6 heteroatoms. The quantitative estimate of drug-likeness (QED) is 0.553. The largest absolute Gasteiger partial charge is 0.444 e. The average Bonchev–Trinajstić information content (AvgIpc) is 2.76. The van der Waals surface area contributed by atoms with Gasteiger partial charge in [0.15, 0.2) is 0 Å². The third kappa shape index (κ3) is 5.64. The number of hydrogen-bond acceptors (Lipinski definition) is 5. The van der Waals surface area contributed by atoms with Gasteiger partial charge in [0.2, 0.25) is 0 Å². The molecule has 1 aliphatic rings. The Balaban J connectivity index is 2.53. The van der Waals surface area contributed by atoms with Gasteiger partial charge in [0.25, 0.3) is 0 Å². The van der Waals surface area contributed by atoms with E-state index in [9.17, 15) is 4.79 Å². The van der Waals surface area contributed by atoms with Gasteiger partial charge in [0.1, 0.15) is 12.4 Å². The molecule has 0 radical (unpaired) electrons. The highest BCUT2D eigenvalue weighted by Crippen LogP contribution is 2.23. The van der Waals surface area contributed by atoms with Crippen LogP contribution in [0.25, 0.3) is 0 Å². The Kier molecular flexibility index (Phi) is 6.71. The maximum Gasteiger partial charge on any atom is 0.410 e.